The molecule has 1 fully saturated rings. The highest BCUT2D eigenvalue weighted by Gasteiger charge is 2.38. The molecule has 1 aromatic carbocycles. The molecule has 1 aromatic heterocycles. The predicted molar refractivity (Wildman–Crippen MR) is 79.7 cm³/mol. The largest absolute Gasteiger partial charge is 0.451 e. The third kappa shape index (κ3) is 2.33. The number of nitrogens with zero attached hydrogens (tertiary/aromatic N) is 1. The molecule has 1 saturated carbocycles. The van der Waals surface area contributed by atoms with Gasteiger partial charge in [0.05, 0.1) is 0 Å². The second kappa shape index (κ2) is 4.97. The van der Waals surface area contributed by atoms with E-state index in [1.165, 1.54) is 0 Å². The first-order valence-corrected chi connectivity index (χ1v) is 7.39. The second-order valence-corrected chi connectivity index (χ2v) is 6.08. The normalized spacial score (nSPS) is 16.6. The first-order chi connectivity index (χ1) is 9.58. The maximum absolute atomic E-state index is 12.8. The first-order valence-electron chi connectivity index (χ1n) is 7.39. The molecule has 3 nitrogen and oxygen atoms in total. The lowest BCUT2D eigenvalue weighted by atomic mass is 10.0. The van der Waals surface area contributed by atoms with Crippen molar-refractivity contribution in [2.75, 3.05) is 0 Å². The van der Waals surface area contributed by atoms with E-state index in [9.17, 15) is 4.79 Å². The number of furan rings is 1. The highest BCUT2D eigenvalue weighted by Crippen LogP contribution is 2.33. The van der Waals surface area contributed by atoms with E-state index in [1.807, 2.05) is 35.2 Å². The summed E-state index contributed by atoms with van der Waals surface area (Å²) in [5.74, 6) is 0.944. The standard InChI is InChI=1S/C17H21NO2/c1-11(2)12(3)18(14-8-9-14)17(19)16-10-13-6-4-5-7-15(13)20-16/h4-7,10-12,14H,8-9H2,1-3H3. The molecule has 1 heterocycles. The maximum atomic E-state index is 12.8. The van der Waals surface area contributed by atoms with Crippen molar-refractivity contribution in [1.29, 1.82) is 0 Å². The number of hydrogen-bond donors (Lipinski definition) is 0. The number of carbonyl (C=O) groups excluding carboxylic acids is 1. The van der Waals surface area contributed by atoms with Crippen molar-refractivity contribution in [2.45, 2.75) is 45.7 Å². The van der Waals surface area contributed by atoms with E-state index in [4.69, 9.17) is 4.42 Å². The van der Waals surface area contributed by atoms with Crippen LogP contribution < -0.4 is 0 Å². The molecule has 0 bridgehead atoms. The summed E-state index contributed by atoms with van der Waals surface area (Å²) in [5.41, 5.74) is 0.781. The van der Waals surface area contributed by atoms with Crippen molar-refractivity contribution >= 4 is 16.9 Å². The Kier molecular flexibility index (Phi) is 3.28. The van der Waals surface area contributed by atoms with Crippen LogP contribution in [0.1, 0.15) is 44.2 Å². The van der Waals surface area contributed by atoms with E-state index < -0.39 is 0 Å². The molecule has 1 atom stereocenters. The van der Waals surface area contributed by atoms with Gasteiger partial charge in [-0.2, -0.15) is 0 Å². The van der Waals surface area contributed by atoms with E-state index in [1.54, 1.807) is 0 Å². The van der Waals surface area contributed by atoms with Crippen molar-refractivity contribution in [3.8, 4) is 0 Å². The number of amides is 1. The van der Waals surface area contributed by atoms with E-state index in [0.717, 1.165) is 23.8 Å². The van der Waals surface area contributed by atoms with Crippen LogP contribution in [-0.2, 0) is 0 Å². The fraction of sp³-hybridized carbons (Fsp3) is 0.471. The monoisotopic (exact) mass is 271 g/mol. The third-order valence-electron chi connectivity index (χ3n) is 4.21. The first kappa shape index (κ1) is 13.2. The van der Waals surface area contributed by atoms with Crippen molar-refractivity contribution < 1.29 is 9.21 Å². The van der Waals surface area contributed by atoms with Crippen LogP contribution in [0.4, 0.5) is 0 Å². The number of fused-ring (bicyclic) bond motifs is 1. The van der Waals surface area contributed by atoms with Crippen molar-refractivity contribution in [3.05, 3.63) is 36.1 Å². The van der Waals surface area contributed by atoms with E-state index in [-0.39, 0.29) is 11.9 Å². The van der Waals surface area contributed by atoms with Crippen LogP contribution in [0.2, 0.25) is 0 Å². The number of hydrogen-bond acceptors (Lipinski definition) is 2. The second-order valence-electron chi connectivity index (χ2n) is 6.08. The Bertz CT molecular complexity index is 592. The third-order valence-corrected chi connectivity index (χ3v) is 4.21. The summed E-state index contributed by atoms with van der Waals surface area (Å²) >= 11 is 0. The van der Waals surface area contributed by atoms with Crippen LogP contribution in [0.5, 0.6) is 0 Å². The lowest BCUT2D eigenvalue weighted by Gasteiger charge is -2.31. The SMILES string of the molecule is CC(C)C(C)N(C(=O)c1cc2ccccc2o1)C1CC1. The van der Waals surface area contributed by atoms with Gasteiger partial charge in [0, 0.05) is 17.5 Å². The lowest BCUT2D eigenvalue weighted by Crippen LogP contribution is -2.42. The number of benzene rings is 1. The Morgan fingerprint density at radius 2 is 1.95 bits per heavy atom. The van der Waals surface area contributed by atoms with Crippen LogP contribution in [0.3, 0.4) is 0 Å². The van der Waals surface area contributed by atoms with Gasteiger partial charge in [0.25, 0.3) is 5.91 Å². The fourth-order valence-corrected chi connectivity index (χ4v) is 2.57. The zero-order valence-corrected chi connectivity index (χ0v) is 12.3. The smallest absolute Gasteiger partial charge is 0.290 e. The summed E-state index contributed by atoms with van der Waals surface area (Å²) in [6.45, 7) is 6.45. The topological polar surface area (TPSA) is 33.5 Å². The molecule has 0 aliphatic heterocycles. The summed E-state index contributed by atoms with van der Waals surface area (Å²) < 4.78 is 5.73. The molecule has 0 N–H and O–H groups in total. The molecule has 1 aliphatic rings. The molecule has 1 amide bonds. The minimum Gasteiger partial charge on any atom is -0.451 e. The Labute approximate surface area is 119 Å². The van der Waals surface area contributed by atoms with Gasteiger partial charge in [-0.3, -0.25) is 4.79 Å². The number of rotatable bonds is 4. The predicted octanol–water partition coefficient (Wildman–Crippen LogP) is 4.08. The minimum absolute atomic E-state index is 0.0323. The van der Waals surface area contributed by atoms with E-state index in [2.05, 4.69) is 20.8 Å². The minimum atomic E-state index is 0.0323. The van der Waals surface area contributed by atoms with Gasteiger partial charge in [0.1, 0.15) is 5.58 Å². The Balaban J connectivity index is 1.92. The zero-order valence-electron chi connectivity index (χ0n) is 12.3. The van der Waals surface area contributed by atoms with E-state index in [0.29, 0.717) is 17.7 Å². The molecular weight excluding hydrogens is 250 g/mol. The van der Waals surface area contributed by atoms with Crippen LogP contribution in [-0.4, -0.2) is 22.9 Å². The highest BCUT2D eigenvalue weighted by atomic mass is 16.3. The molecule has 2 aromatic rings. The van der Waals surface area contributed by atoms with Gasteiger partial charge in [-0.05, 0) is 37.8 Å². The summed E-state index contributed by atoms with van der Waals surface area (Å²) in [5, 5.41) is 0.990. The maximum Gasteiger partial charge on any atom is 0.290 e. The van der Waals surface area contributed by atoms with Crippen LogP contribution in [0, 0.1) is 5.92 Å². The molecule has 1 unspecified atom stereocenters. The number of para-hydroxylation sites is 1. The molecule has 3 rings (SSSR count). The molecule has 0 radical (unpaired) electrons. The van der Waals surface area contributed by atoms with Gasteiger partial charge in [-0.15, -0.1) is 0 Å². The molecule has 3 heteroatoms. The average Bonchev–Trinajstić information content (AvgIpc) is 3.16. The van der Waals surface area contributed by atoms with Crippen LogP contribution in [0.25, 0.3) is 11.0 Å². The lowest BCUT2D eigenvalue weighted by molar-refractivity contribution is 0.0597. The summed E-state index contributed by atoms with van der Waals surface area (Å²) in [6, 6.07) is 10.3. The van der Waals surface area contributed by atoms with Crippen LogP contribution in [0.15, 0.2) is 34.7 Å². The summed E-state index contributed by atoms with van der Waals surface area (Å²) in [7, 11) is 0. The Morgan fingerprint density at radius 3 is 2.55 bits per heavy atom. The number of carbonyl (C=O) groups is 1. The van der Waals surface area contributed by atoms with Gasteiger partial charge >= 0.3 is 0 Å². The fourth-order valence-electron chi connectivity index (χ4n) is 2.57. The van der Waals surface area contributed by atoms with Gasteiger partial charge in [-0.25, -0.2) is 0 Å². The molecule has 1 aliphatic carbocycles. The average molecular weight is 271 g/mol. The Hall–Kier alpha value is -1.77. The van der Waals surface area contributed by atoms with E-state index >= 15 is 0 Å². The van der Waals surface area contributed by atoms with Crippen molar-refractivity contribution in [2.24, 2.45) is 5.92 Å². The van der Waals surface area contributed by atoms with Gasteiger partial charge < -0.3 is 9.32 Å². The van der Waals surface area contributed by atoms with Gasteiger partial charge in [-0.1, -0.05) is 32.0 Å². The van der Waals surface area contributed by atoms with Gasteiger partial charge in [0.2, 0.25) is 0 Å². The summed E-state index contributed by atoms with van der Waals surface area (Å²) in [4.78, 5) is 14.8. The zero-order chi connectivity index (χ0) is 14.3. The summed E-state index contributed by atoms with van der Waals surface area (Å²) in [6.07, 6.45) is 2.23. The highest BCUT2D eigenvalue weighted by molar-refractivity contribution is 5.96. The molecule has 0 saturated heterocycles. The van der Waals surface area contributed by atoms with Crippen molar-refractivity contribution in [1.82, 2.24) is 4.90 Å². The molecular formula is C17H21NO2. The molecule has 0 spiro atoms. The molecule has 20 heavy (non-hydrogen) atoms. The quantitative estimate of drug-likeness (QED) is 0.839. The Morgan fingerprint density at radius 1 is 1.25 bits per heavy atom. The van der Waals surface area contributed by atoms with Crippen molar-refractivity contribution in [3.63, 3.8) is 0 Å². The molecule has 106 valence electrons. The van der Waals surface area contributed by atoms with Crippen LogP contribution >= 0.6 is 0 Å². The van der Waals surface area contributed by atoms with Gasteiger partial charge in [0.15, 0.2) is 5.76 Å².